The first kappa shape index (κ1) is 14.3. The van der Waals surface area contributed by atoms with E-state index in [1.807, 2.05) is 7.05 Å². The van der Waals surface area contributed by atoms with Crippen molar-refractivity contribution >= 4 is 0 Å². The van der Waals surface area contributed by atoms with E-state index in [9.17, 15) is 9.50 Å². The van der Waals surface area contributed by atoms with E-state index in [-0.39, 0.29) is 12.4 Å². The molecule has 1 N–H and O–H groups in total. The Morgan fingerprint density at radius 1 is 1.42 bits per heavy atom. The van der Waals surface area contributed by atoms with Crippen LogP contribution in [0.1, 0.15) is 19.8 Å². The summed E-state index contributed by atoms with van der Waals surface area (Å²) in [5.74, 6) is 0.568. The average molecular weight is 267 g/mol. The second kappa shape index (κ2) is 6.35. The zero-order valence-corrected chi connectivity index (χ0v) is 11.6. The van der Waals surface area contributed by atoms with Gasteiger partial charge < -0.3 is 14.7 Å². The van der Waals surface area contributed by atoms with E-state index in [0.29, 0.717) is 12.6 Å². The summed E-state index contributed by atoms with van der Waals surface area (Å²) < 4.78 is 18.6. The molecule has 2 rings (SSSR count). The largest absolute Gasteiger partial charge is 0.488 e. The number of aliphatic hydroxyl groups is 1. The summed E-state index contributed by atoms with van der Waals surface area (Å²) in [6, 6.07) is 6.74. The maximum Gasteiger partial charge on any atom is 0.165 e. The van der Waals surface area contributed by atoms with Crippen LogP contribution in [-0.4, -0.2) is 42.4 Å². The van der Waals surface area contributed by atoms with Crippen LogP contribution >= 0.6 is 0 Å². The minimum Gasteiger partial charge on any atom is -0.488 e. The Balaban J connectivity index is 1.75. The Bertz CT molecular complexity index is 409. The molecule has 1 aromatic rings. The van der Waals surface area contributed by atoms with Crippen molar-refractivity contribution in [2.24, 2.45) is 5.92 Å². The number of hydrogen-bond donors (Lipinski definition) is 1. The van der Waals surface area contributed by atoms with Crippen LogP contribution in [0.4, 0.5) is 4.39 Å². The fourth-order valence-corrected chi connectivity index (χ4v) is 2.24. The van der Waals surface area contributed by atoms with E-state index in [4.69, 9.17) is 4.74 Å². The van der Waals surface area contributed by atoms with Crippen molar-refractivity contribution in [3.8, 4) is 5.75 Å². The van der Waals surface area contributed by atoms with E-state index in [1.165, 1.54) is 18.9 Å². The Kier molecular flexibility index (Phi) is 4.77. The van der Waals surface area contributed by atoms with Crippen molar-refractivity contribution < 1.29 is 14.2 Å². The molecular weight excluding hydrogens is 245 g/mol. The predicted octanol–water partition coefficient (Wildman–Crippen LogP) is 2.30. The first-order valence-electron chi connectivity index (χ1n) is 6.83. The molecule has 1 fully saturated rings. The molecule has 1 aliphatic rings. The van der Waals surface area contributed by atoms with Gasteiger partial charge in [0.2, 0.25) is 0 Å². The highest BCUT2D eigenvalue weighted by Crippen LogP contribution is 2.34. The molecule has 1 aliphatic carbocycles. The molecule has 2 atom stereocenters. The molecule has 0 radical (unpaired) electrons. The summed E-state index contributed by atoms with van der Waals surface area (Å²) in [5.41, 5.74) is 0. The minimum atomic E-state index is -0.606. The van der Waals surface area contributed by atoms with Crippen LogP contribution in [0.5, 0.6) is 5.75 Å². The van der Waals surface area contributed by atoms with Crippen LogP contribution in [0.3, 0.4) is 0 Å². The number of para-hydroxylation sites is 1. The molecule has 0 aromatic heterocycles. The number of rotatable bonds is 7. The highest BCUT2D eigenvalue weighted by Gasteiger charge is 2.31. The monoisotopic (exact) mass is 267 g/mol. The van der Waals surface area contributed by atoms with Gasteiger partial charge in [0.15, 0.2) is 11.6 Å². The fourth-order valence-electron chi connectivity index (χ4n) is 2.24. The molecule has 4 heteroatoms. The lowest BCUT2D eigenvalue weighted by Gasteiger charge is -2.26. The lowest BCUT2D eigenvalue weighted by Crippen LogP contribution is -2.39. The molecule has 1 aromatic carbocycles. The van der Waals surface area contributed by atoms with Gasteiger partial charge >= 0.3 is 0 Å². The van der Waals surface area contributed by atoms with Gasteiger partial charge in [-0.3, -0.25) is 0 Å². The zero-order chi connectivity index (χ0) is 13.8. The maximum absolute atomic E-state index is 13.3. The number of benzene rings is 1. The fraction of sp³-hybridized carbons (Fsp3) is 0.600. The first-order valence-corrected chi connectivity index (χ1v) is 6.83. The van der Waals surface area contributed by atoms with Crippen molar-refractivity contribution in [2.75, 3.05) is 20.2 Å². The van der Waals surface area contributed by atoms with Gasteiger partial charge in [-0.2, -0.15) is 0 Å². The number of aliphatic hydroxyl groups excluding tert-OH is 1. The molecule has 19 heavy (non-hydrogen) atoms. The SMILES string of the molecule is CC(C1CC1)N(C)CC(O)COc1ccccc1F. The standard InChI is InChI=1S/C15H22FNO2/c1-11(12-7-8-12)17(2)9-13(18)10-19-15-6-4-3-5-14(15)16/h3-6,11-13,18H,7-10H2,1-2H3. The molecule has 0 amide bonds. The molecular formula is C15H22FNO2. The number of likely N-dealkylation sites (N-methyl/N-ethyl adjacent to an activating group) is 1. The summed E-state index contributed by atoms with van der Waals surface area (Å²) in [4.78, 5) is 2.15. The van der Waals surface area contributed by atoms with Crippen molar-refractivity contribution in [1.82, 2.24) is 4.90 Å². The quantitative estimate of drug-likeness (QED) is 0.823. The normalized spacial score (nSPS) is 18.4. The van der Waals surface area contributed by atoms with Crippen molar-refractivity contribution in [3.05, 3.63) is 30.1 Å². The Morgan fingerprint density at radius 2 is 2.11 bits per heavy atom. The second-order valence-corrected chi connectivity index (χ2v) is 5.41. The average Bonchev–Trinajstić information content (AvgIpc) is 3.21. The zero-order valence-electron chi connectivity index (χ0n) is 11.6. The van der Waals surface area contributed by atoms with Gasteiger partial charge in [0, 0.05) is 12.6 Å². The molecule has 0 aliphatic heterocycles. The molecule has 0 bridgehead atoms. The van der Waals surface area contributed by atoms with Gasteiger partial charge in [-0.05, 0) is 44.9 Å². The van der Waals surface area contributed by atoms with E-state index in [2.05, 4.69) is 11.8 Å². The second-order valence-electron chi connectivity index (χ2n) is 5.41. The third-order valence-corrected chi connectivity index (χ3v) is 3.77. The van der Waals surface area contributed by atoms with Crippen molar-refractivity contribution in [1.29, 1.82) is 0 Å². The molecule has 1 saturated carbocycles. The molecule has 3 nitrogen and oxygen atoms in total. The lowest BCUT2D eigenvalue weighted by molar-refractivity contribution is 0.0610. The maximum atomic E-state index is 13.3. The summed E-state index contributed by atoms with van der Waals surface area (Å²) in [6.07, 6.45) is 1.96. The minimum absolute atomic E-state index is 0.114. The highest BCUT2D eigenvalue weighted by atomic mass is 19.1. The van der Waals surface area contributed by atoms with Crippen LogP contribution < -0.4 is 4.74 Å². The van der Waals surface area contributed by atoms with Gasteiger partial charge in [0.25, 0.3) is 0 Å². The van der Waals surface area contributed by atoms with Crippen LogP contribution in [0.15, 0.2) is 24.3 Å². The topological polar surface area (TPSA) is 32.7 Å². The number of nitrogens with zero attached hydrogens (tertiary/aromatic N) is 1. The van der Waals surface area contributed by atoms with E-state index < -0.39 is 11.9 Å². The summed E-state index contributed by atoms with van der Waals surface area (Å²) in [7, 11) is 2.01. The summed E-state index contributed by atoms with van der Waals surface area (Å²) in [6.45, 7) is 2.84. The van der Waals surface area contributed by atoms with E-state index in [0.717, 1.165) is 5.92 Å². The molecule has 0 heterocycles. The molecule has 106 valence electrons. The Morgan fingerprint density at radius 3 is 2.74 bits per heavy atom. The van der Waals surface area contributed by atoms with Crippen molar-refractivity contribution in [2.45, 2.75) is 31.9 Å². The van der Waals surface area contributed by atoms with Gasteiger partial charge in [0.1, 0.15) is 12.7 Å². The summed E-state index contributed by atoms with van der Waals surface area (Å²) in [5, 5.41) is 9.93. The van der Waals surface area contributed by atoms with Gasteiger partial charge in [-0.25, -0.2) is 4.39 Å². The van der Waals surface area contributed by atoms with E-state index >= 15 is 0 Å². The first-order chi connectivity index (χ1) is 9.08. The Labute approximate surface area is 114 Å². The molecule has 0 spiro atoms. The van der Waals surface area contributed by atoms with Gasteiger partial charge in [-0.15, -0.1) is 0 Å². The van der Waals surface area contributed by atoms with Crippen molar-refractivity contribution in [3.63, 3.8) is 0 Å². The van der Waals surface area contributed by atoms with Crippen LogP contribution in [0.25, 0.3) is 0 Å². The lowest BCUT2D eigenvalue weighted by atomic mass is 10.2. The predicted molar refractivity (Wildman–Crippen MR) is 72.7 cm³/mol. The molecule has 2 unspecified atom stereocenters. The third-order valence-electron chi connectivity index (χ3n) is 3.77. The van der Waals surface area contributed by atoms with Gasteiger partial charge in [0.05, 0.1) is 0 Å². The highest BCUT2D eigenvalue weighted by molar-refractivity contribution is 5.23. The van der Waals surface area contributed by atoms with E-state index in [1.54, 1.807) is 18.2 Å². The van der Waals surface area contributed by atoms with Crippen LogP contribution in [-0.2, 0) is 0 Å². The van der Waals surface area contributed by atoms with Crippen LogP contribution in [0, 0.1) is 11.7 Å². The smallest absolute Gasteiger partial charge is 0.165 e. The number of halogens is 1. The van der Waals surface area contributed by atoms with Gasteiger partial charge in [-0.1, -0.05) is 12.1 Å². The third kappa shape index (κ3) is 4.18. The molecule has 0 saturated heterocycles. The Hall–Kier alpha value is -1.13. The van der Waals surface area contributed by atoms with Crippen LogP contribution in [0.2, 0.25) is 0 Å². The summed E-state index contributed by atoms with van der Waals surface area (Å²) >= 11 is 0. The number of hydrogen-bond acceptors (Lipinski definition) is 3. The number of ether oxygens (including phenoxy) is 1.